The number of methoxy groups -OCH3 is 1. The molecule has 0 saturated heterocycles. The first kappa shape index (κ1) is 20.4. The standard InChI is InChI=1S/C26H32O2/c1-17(2)23(18-8-10-19(11-9-18)24(27)28-7)20-12-13-21-22(16-20)26(5,6)15-14-25(21,3)4/h8-13,16H,14-15H2,1-7H3. The number of rotatable bonds is 3. The highest BCUT2D eigenvalue weighted by Crippen LogP contribution is 2.46. The van der Waals surface area contributed by atoms with Crippen molar-refractivity contribution in [3.05, 3.63) is 75.9 Å². The van der Waals surface area contributed by atoms with Gasteiger partial charge in [0.25, 0.3) is 0 Å². The van der Waals surface area contributed by atoms with E-state index in [1.807, 2.05) is 24.3 Å². The van der Waals surface area contributed by atoms with Gasteiger partial charge < -0.3 is 4.74 Å². The molecule has 2 heteroatoms. The van der Waals surface area contributed by atoms with Gasteiger partial charge in [-0.05, 0) is 77.5 Å². The quantitative estimate of drug-likeness (QED) is 0.560. The van der Waals surface area contributed by atoms with Gasteiger partial charge in [-0.25, -0.2) is 4.79 Å². The Morgan fingerprint density at radius 3 is 1.82 bits per heavy atom. The molecule has 0 saturated carbocycles. The van der Waals surface area contributed by atoms with Gasteiger partial charge in [0.1, 0.15) is 0 Å². The first-order valence-electron chi connectivity index (χ1n) is 10.1. The number of carbonyl (C=O) groups is 1. The van der Waals surface area contributed by atoms with Crippen LogP contribution in [0, 0.1) is 0 Å². The van der Waals surface area contributed by atoms with Crippen molar-refractivity contribution >= 4 is 11.5 Å². The number of carbonyl (C=O) groups excluding carboxylic acids is 1. The first-order valence-corrected chi connectivity index (χ1v) is 10.1. The number of esters is 1. The Kier molecular flexibility index (Phi) is 5.27. The minimum absolute atomic E-state index is 0.183. The molecular formula is C26H32O2. The maximum Gasteiger partial charge on any atom is 0.337 e. The Morgan fingerprint density at radius 2 is 1.29 bits per heavy atom. The third-order valence-electron chi connectivity index (χ3n) is 6.24. The summed E-state index contributed by atoms with van der Waals surface area (Å²) in [7, 11) is 1.41. The summed E-state index contributed by atoms with van der Waals surface area (Å²) in [4.78, 5) is 11.8. The molecule has 28 heavy (non-hydrogen) atoms. The molecule has 0 fully saturated rings. The highest BCUT2D eigenvalue weighted by Gasteiger charge is 2.37. The summed E-state index contributed by atoms with van der Waals surface area (Å²) < 4.78 is 4.82. The largest absolute Gasteiger partial charge is 0.465 e. The van der Waals surface area contributed by atoms with Crippen molar-refractivity contribution in [2.24, 2.45) is 0 Å². The van der Waals surface area contributed by atoms with Crippen molar-refractivity contribution in [2.45, 2.75) is 65.2 Å². The normalized spacial score (nSPS) is 16.8. The molecule has 0 heterocycles. The molecule has 0 atom stereocenters. The molecule has 0 bridgehead atoms. The fourth-order valence-electron chi connectivity index (χ4n) is 4.38. The molecule has 2 aromatic rings. The topological polar surface area (TPSA) is 26.3 Å². The van der Waals surface area contributed by atoms with Gasteiger partial charge in [-0.3, -0.25) is 0 Å². The van der Waals surface area contributed by atoms with Crippen LogP contribution >= 0.6 is 0 Å². The Bertz CT molecular complexity index is 923. The molecule has 148 valence electrons. The second-order valence-corrected chi connectivity index (χ2v) is 9.47. The molecule has 0 aliphatic heterocycles. The summed E-state index contributed by atoms with van der Waals surface area (Å²) in [6.45, 7) is 13.7. The monoisotopic (exact) mass is 376 g/mol. The van der Waals surface area contributed by atoms with E-state index in [9.17, 15) is 4.79 Å². The van der Waals surface area contributed by atoms with E-state index in [0.717, 1.165) is 5.56 Å². The Hall–Kier alpha value is -2.35. The van der Waals surface area contributed by atoms with Gasteiger partial charge in [0, 0.05) is 0 Å². The molecular weight excluding hydrogens is 344 g/mol. The van der Waals surface area contributed by atoms with E-state index in [2.05, 4.69) is 59.7 Å². The van der Waals surface area contributed by atoms with E-state index >= 15 is 0 Å². The molecule has 1 aliphatic carbocycles. The van der Waals surface area contributed by atoms with Crippen LogP contribution in [-0.2, 0) is 15.6 Å². The predicted octanol–water partition coefficient (Wildman–Crippen LogP) is 6.66. The maximum atomic E-state index is 11.8. The van der Waals surface area contributed by atoms with Gasteiger partial charge in [0.05, 0.1) is 12.7 Å². The van der Waals surface area contributed by atoms with E-state index < -0.39 is 0 Å². The summed E-state index contributed by atoms with van der Waals surface area (Å²) in [5.74, 6) is -0.303. The average Bonchev–Trinajstić information content (AvgIpc) is 2.65. The fraction of sp³-hybridized carbons (Fsp3) is 0.423. The third-order valence-corrected chi connectivity index (χ3v) is 6.24. The predicted molar refractivity (Wildman–Crippen MR) is 117 cm³/mol. The number of hydrogen-bond acceptors (Lipinski definition) is 2. The van der Waals surface area contributed by atoms with Crippen molar-refractivity contribution in [1.82, 2.24) is 0 Å². The summed E-state index contributed by atoms with van der Waals surface area (Å²) in [5, 5.41) is 0. The lowest BCUT2D eigenvalue weighted by Crippen LogP contribution is -2.33. The molecule has 2 nitrogen and oxygen atoms in total. The molecule has 0 spiro atoms. The lowest BCUT2D eigenvalue weighted by molar-refractivity contribution is 0.0600. The minimum atomic E-state index is -0.303. The highest BCUT2D eigenvalue weighted by atomic mass is 16.5. The van der Waals surface area contributed by atoms with E-state index in [1.54, 1.807) is 0 Å². The van der Waals surface area contributed by atoms with Gasteiger partial charge in [0.15, 0.2) is 0 Å². The zero-order chi connectivity index (χ0) is 20.7. The van der Waals surface area contributed by atoms with Crippen molar-refractivity contribution in [1.29, 1.82) is 0 Å². The molecule has 0 unspecified atom stereocenters. The Balaban J connectivity index is 2.10. The zero-order valence-electron chi connectivity index (χ0n) is 18.3. The molecule has 0 radical (unpaired) electrons. The first-order chi connectivity index (χ1) is 13.1. The van der Waals surface area contributed by atoms with Gasteiger partial charge >= 0.3 is 5.97 Å². The van der Waals surface area contributed by atoms with E-state index in [1.165, 1.54) is 47.8 Å². The summed E-state index contributed by atoms with van der Waals surface area (Å²) in [5.41, 5.74) is 8.78. The van der Waals surface area contributed by atoms with Gasteiger partial charge in [-0.1, -0.05) is 63.6 Å². The third kappa shape index (κ3) is 3.65. The Labute approximate surface area is 169 Å². The van der Waals surface area contributed by atoms with Crippen molar-refractivity contribution < 1.29 is 9.53 Å². The average molecular weight is 377 g/mol. The van der Waals surface area contributed by atoms with Crippen LogP contribution in [0.1, 0.15) is 87.0 Å². The second kappa shape index (κ2) is 7.24. The van der Waals surface area contributed by atoms with Gasteiger partial charge in [0.2, 0.25) is 0 Å². The number of hydrogen-bond donors (Lipinski definition) is 0. The lowest BCUT2D eigenvalue weighted by atomic mass is 9.62. The molecule has 0 N–H and O–H groups in total. The van der Waals surface area contributed by atoms with Crippen LogP contribution in [-0.4, -0.2) is 13.1 Å². The fourth-order valence-corrected chi connectivity index (χ4v) is 4.38. The smallest absolute Gasteiger partial charge is 0.337 e. The van der Waals surface area contributed by atoms with E-state index in [4.69, 9.17) is 4.74 Å². The van der Waals surface area contributed by atoms with Crippen LogP contribution in [0.2, 0.25) is 0 Å². The van der Waals surface area contributed by atoms with Crippen LogP contribution in [0.15, 0.2) is 48.0 Å². The van der Waals surface area contributed by atoms with Crippen LogP contribution in [0.25, 0.3) is 5.57 Å². The molecule has 2 aromatic carbocycles. The van der Waals surface area contributed by atoms with Crippen LogP contribution in [0.5, 0.6) is 0 Å². The summed E-state index contributed by atoms with van der Waals surface area (Å²) in [6.07, 6.45) is 2.42. The molecule has 0 aromatic heterocycles. The number of fused-ring (bicyclic) bond motifs is 1. The van der Waals surface area contributed by atoms with Crippen LogP contribution < -0.4 is 0 Å². The van der Waals surface area contributed by atoms with Crippen LogP contribution in [0.4, 0.5) is 0 Å². The summed E-state index contributed by atoms with van der Waals surface area (Å²) in [6, 6.07) is 14.7. The van der Waals surface area contributed by atoms with Crippen LogP contribution in [0.3, 0.4) is 0 Å². The number of benzene rings is 2. The van der Waals surface area contributed by atoms with Crippen molar-refractivity contribution in [3.63, 3.8) is 0 Å². The highest BCUT2D eigenvalue weighted by molar-refractivity contribution is 5.90. The van der Waals surface area contributed by atoms with Gasteiger partial charge in [-0.15, -0.1) is 0 Å². The zero-order valence-corrected chi connectivity index (χ0v) is 18.3. The lowest BCUT2D eigenvalue weighted by Gasteiger charge is -2.42. The van der Waals surface area contributed by atoms with E-state index in [0.29, 0.717) is 5.56 Å². The number of ether oxygens (including phenoxy) is 1. The molecule has 0 amide bonds. The van der Waals surface area contributed by atoms with Crippen molar-refractivity contribution in [3.8, 4) is 0 Å². The SMILES string of the molecule is COC(=O)c1ccc(C(=C(C)C)c2ccc3c(c2)C(C)(C)CCC3(C)C)cc1. The van der Waals surface area contributed by atoms with E-state index in [-0.39, 0.29) is 16.8 Å². The maximum absolute atomic E-state index is 11.8. The molecule has 1 aliphatic rings. The van der Waals surface area contributed by atoms with Crippen molar-refractivity contribution in [2.75, 3.05) is 7.11 Å². The molecule has 3 rings (SSSR count). The van der Waals surface area contributed by atoms with Gasteiger partial charge in [-0.2, -0.15) is 0 Å². The number of allylic oxidation sites excluding steroid dienone is 1. The summed E-state index contributed by atoms with van der Waals surface area (Å²) >= 11 is 0. The minimum Gasteiger partial charge on any atom is -0.465 e. The second-order valence-electron chi connectivity index (χ2n) is 9.47. The Morgan fingerprint density at radius 1 is 0.786 bits per heavy atom.